The number of rotatable bonds is 8. The highest BCUT2D eigenvalue weighted by Crippen LogP contribution is 1.90. The third-order valence-electron chi connectivity index (χ3n) is 1.93. The molecule has 19 heavy (non-hydrogen) atoms. The van der Waals surface area contributed by atoms with Crippen molar-refractivity contribution in [3.8, 4) is 0 Å². The zero-order valence-electron chi connectivity index (χ0n) is 12.5. The number of unbranched alkanes of at least 4 members (excludes halogenated alkanes) is 1. The van der Waals surface area contributed by atoms with Crippen LogP contribution in [0.15, 0.2) is 9.98 Å². The molecule has 0 aromatic carbocycles. The quantitative estimate of drug-likeness (QED) is 0.420. The van der Waals surface area contributed by atoms with Gasteiger partial charge in [-0.1, -0.05) is 13.3 Å². The summed E-state index contributed by atoms with van der Waals surface area (Å²) in [5.74, 6) is -0.108. The Morgan fingerprint density at radius 1 is 1.16 bits per heavy atom. The average molecular weight is 293 g/mol. The van der Waals surface area contributed by atoms with E-state index in [-0.39, 0.29) is 5.75 Å². The molecule has 0 radical (unpaired) electrons. The summed E-state index contributed by atoms with van der Waals surface area (Å²) in [7, 11) is 0.432. The maximum absolute atomic E-state index is 9.95. The molecule has 114 valence electrons. The molecular weight excluding hydrogens is 266 g/mol. The molecule has 0 rings (SSSR count). The van der Waals surface area contributed by atoms with Gasteiger partial charge in [0.25, 0.3) is 10.1 Å². The Bertz CT molecular complexity index is 347. The maximum atomic E-state index is 9.95. The molecular formula is C12H27N3O3S. The van der Waals surface area contributed by atoms with Crippen LogP contribution in [0.4, 0.5) is 0 Å². The Morgan fingerprint density at radius 3 is 2.16 bits per heavy atom. The van der Waals surface area contributed by atoms with Crippen molar-refractivity contribution in [2.24, 2.45) is 9.98 Å². The molecule has 0 spiro atoms. The van der Waals surface area contributed by atoms with Crippen molar-refractivity contribution in [1.29, 1.82) is 0 Å². The minimum atomic E-state index is -3.69. The second-order valence-electron chi connectivity index (χ2n) is 4.25. The highest BCUT2D eigenvalue weighted by Gasteiger charge is 2.00. The van der Waals surface area contributed by atoms with E-state index in [0.717, 1.165) is 32.5 Å². The van der Waals surface area contributed by atoms with Gasteiger partial charge in [-0.3, -0.25) is 4.55 Å². The molecule has 0 heterocycles. The Labute approximate surface area is 117 Å². The minimum Gasteiger partial charge on any atom is -0.309 e. The largest absolute Gasteiger partial charge is 0.309 e. The lowest BCUT2D eigenvalue weighted by molar-refractivity contribution is 0.403. The van der Waals surface area contributed by atoms with E-state index in [1.54, 1.807) is 0 Å². The van der Waals surface area contributed by atoms with E-state index in [0.29, 0.717) is 6.42 Å². The first kappa shape index (κ1) is 20.6. The molecule has 0 unspecified atom stereocenters. The Balaban J connectivity index is 0. The minimum absolute atomic E-state index is 0.108. The van der Waals surface area contributed by atoms with Crippen LogP contribution >= 0.6 is 0 Å². The molecule has 0 amide bonds. The Hall–Kier alpha value is -0.750. The van der Waals surface area contributed by atoms with Crippen molar-refractivity contribution in [2.75, 3.05) is 39.5 Å². The number of nitrogens with zero attached hydrogens (tertiary/aromatic N) is 3. The number of hydrogen-bond acceptors (Lipinski definition) is 5. The fourth-order valence-electron chi connectivity index (χ4n) is 0.963. The van der Waals surface area contributed by atoms with Crippen molar-refractivity contribution in [2.45, 2.75) is 33.1 Å². The van der Waals surface area contributed by atoms with Gasteiger partial charge in [0, 0.05) is 6.54 Å². The maximum Gasteiger partial charge on any atom is 0.264 e. The summed E-state index contributed by atoms with van der Waals surface area (Å²) in [6.45, 7) is 6.53. The first-order valence-electron chi connectivity index (χ1n) is 6.51. The summed E-state index contributed by atoms with van der Waals surface area (Å²) in [5, 5.41) is 0. The zero-order valence-corrected chi connectivity index (χ0v) is 13.3. The van der Waals surface area contributed by atoms with E-state index in [1.165, 1.54) is 0 Å². The molecule has 6 nitrogen and oxygen atoms in total. The van der Waals surface area contributed by atoms with Crippen molar-refractivity contribution in [3.05, 3.63) is 0 Å². The molecule has 0 fully saturated rings. The van der Waals surface area contributed by atoms with Gasteiger partial charge in [0.05, 0.1) is 18.3 Å². The number of aliphatic imine (C=N–C) groups is 2. The average Bonchev–Trinajstić information content (AvgIpc) is 2.30. The first-order valence-corrected chi connectivity index (χ1v) is 8.12. The van der Waals surface area contributed by atoms with Crippen LogP contribution in [0.1, 0.15) is 33.1 Å². The zero-order chi connectivity index (χ0) is 15.1. The molecule has 0 aromatic heterocycles. The van der Waals surface area contributed by atoms with Gasteiger partial charge in [0.15, 0.2) is 0 Å². The molecule has 0 atom stereocenters. The van der Waals surface area contributed by atoms with E-state index in [2.05, 4.69) is 35.0 Å². The van der Waals surface area contributed by atoms with Gasteiger partial charge in [-0.2, -0.15) is 8.42 Å². The normalized spacial score (nSPS) is 10.4. The van der Waals surface area contributed by atoms with Crippen molar-refractivity contribution in [1.82, 2.24) is 4.90 Å². The Kier molecular flexibility index (Phi) is 14.8. The molecule has 0 saturated carbocycles. The highest BCUT2D eigenvalue weighted by atomic mass is 32.2. The monoisotopic (exact) mass is 293 g/mol. The van der Waals surface area contributed by atoms with Crippen LogP contribution in [0.3, 0.4) is 0 Å². The molecule has 0 bridgehead atoms. The third-order valence-corrected chi connectivity index (χ3v) is 2.74. The van der Waals surface area contributed by atoms with Crippen LogP contribution in [-0.2, 0) is 10.1 Å². The van der Waals surface area contributed by atoms with Crippen molar-refractivity contribution in [3.63, 3.8) is 0 Å². The third kappa shape index (κ3) is 26.7. The van der Waals surface area contributed by atoms with Crippen LogP contribution < -0.4 is 0 Å². The van der Waals surface area contributed by atoms with Crippen molar-refractivity contribution >= 4 is 16.1 Å². The second kappa shape index (κ2) is 13.7. The predicted molar refractivity (Wildman–Crippen MR) is 79.8 cm³/mol. The molecule has 0 aromatic rings. The highest BCUT2D eigenvalue weighted by molar-refractivity contribution is 7.85. The lowest BCUT2D eigenvalue weighted by Gasteiger charge is -2.05. The molecule has 0 saturated heterocycles. The predicted octanol–water partition coefficient (Wildman–Crippen LogP) is 1.81. The van der Waals surface area contributed by atoms with Crippen LogP contribution in [0.2, 0.25) is 0 Å². The first-order chi connectivity index (χ1) is 8.83. The summed E-state index contributed by atoms with van der Waals surface area (Å²) >= 11 is 0. The van der Waals surface area contributed by atoms with Gasteiger partial charge in [-0.25, -0.2) is 9.98 Å². The summed E-state index contributed by atoms with van der Waals surface area (Å²) in [5.41, 5.74) is 0. The van der Waals surface area contributed by atoms with E-state index in [4.69, 9.17) is 4.55 Å². The van der Waals surface area contributed by atoms with E-state index < -0.39 is 10.1 Å². The van der Waals surface area contributed by atoms with Gasteiger partial charge < -0.3 is 4.90 Å². The van der Waals surface area contributed by atoms with Gasteiger partial charge in [-0.15, -0.1) is 0 Å². The van der Waals surface area contributed by atoms with Crippen molar-refractivity contribution < 1.29 is 13.0 Å². The molecule has 0 aliphatic rings. The molecule has 0 aliphatic carbocycles. The standard InChI is InChI=1S/C8H17N3.C4H10O3S/c1-4-9-8-10-6-5-7-11(2)3;1-2-3-4-8(5,6)7/h4-7H2,1-3H3;2-4H2,1H3,(H,5,6,7). The summed E-state index contributed by atoms with van der Waals surface area (Å²) in [6, 6.07) is 2.64. The van der Waals surface area contributed by atoms with Crippen LogP contribution in [-0.4, -0.2) is 63.4 Å². The van der Waals surface area contributed by atoms with E-state index in [1.807, 2.05) is 13.8 Å². The molecule has 0 aliphatic heterocycles. The topological polar surface area (TPSA) is 82.3 Å². The summed E-state index contributed by atoms with van der Waals surface area (Å²) in [4.78, 5) is 9.99. The van der Waals surface area contributed by atoms with Gasteiger partial charge >= 0.3 is 0 Å². The van der Waals surface area contributed by atoms with Gasteiger partial charge in [0.1, 0.15) is 0 Å². The van der Waals surface area contributed by atoms with Gasteiger partial charge in [0.2, 0.25) is 0 Å². The fourth-order valence-corrected chi connectivity index (χ4v) is 1.62. The lowest BCUT2D eigenvalue weighted by atomic mass is 10.4. The SMILES string of the molecule is CCCCS(=O)(=O)O.CCN=C=NCCCN(C)C. The Morgan fingerprint density at radius 2 is 1.79 bits per heavy atom. The molecule has 1 N–H and O–H groups in total. The molecule has 7 heteroatoms. The summed E-state index contributed by atoms with van der Waals surface area (Å²) in [6.07, 6.45) is 2.41. The summed E-state index contributed by atoms with van der Waals surface area (Å²) < 4.78 is 28.0. The fraction of sp³-hybridized carbons (Fsp3) is 0.917. The second-order valence-corrected chi connectivity index (χ2v) is 5.82. The number of hydrogen-bond donors (Lipinski definition) is 1. The van der Waals surface area contributed by atoms with Crippen LogP contribution in [0.25, 0.3) is 0 Å². The van der Waals surface area contributed by atoms with Crippen LogP contribution in [0, 0.1) is 0 Å². The lowest BCUT2D eigenvalue weighted by Crippen LogP contribution is -2.13. The van der Waals surface area contributed by atoms with Crippen LogP contribution in [0.5, 0.6) is 0 Å². The van der Waals surface area contributed by atoms with Gasteiger partial charge in [-0.05, 0) is 40.4 Å². The van der Waals surface area contributed by atoms with E-state index in [9.17, 15) is 8.42 Å². The van der Waals surface area contributed by atoms with E-state index >= 15 is 0 Å². The smallest absolute Gasteiger partial charge is 0.264 e.